The molecule has 0 aliphatic rings. The number of hydrogen-bond donors (Lipinski definition) is 2. The van der Waals surface area contributed by atoms with E-state index >= 15 is 0 Å². The van der Waals surface area contributed by atoms with Crippen LogP contribution in [-0.4, -0.2) is 27.8 Å². The zero-order chi connectivity index (χ0) is 20.6. The first-order chi connectivity index (χ1) is 14.0. The lowest BCUT2D eigenvalue weighted by atomic mass is 10.1. The fourth-order valence-electron chi connectivity index (χ4n) is 2.52. The van der Waals surface area contributed by atoms with Crippen molar-refractivity contribution in [1.29, 1.82) is 0 Å². The smallest absolute Gasteiger partial charge is 0.308 e. The minimum Gasteiger partial charge on any atom is -0.427 e. The van der Waals surface area contributed by atoms with Crippen LogP contribution >= 0.6 is 0 Å². The number of carbonyl (C=O) groups is 3. The van der Waals surface area contributed by atoms with Crippen LogP contribution in [0.4, 0.5) is 5.69 Å². The maximum Gasteiger partial charge on any atom is 0.308 e. The Morgan fingerprint density at radius 2 is 1.83 bits per heavy atom. The Morgan fingerprint density at radius 3 is 2.59 bits per heavy atom. The molecule has 146 valence electrons. The molecule has 0 saturated carbocycles. The van der Waals surface area contributed by atoms with E-state index < -0.39 is 5.97 Å². The predicted octanol–water partition coefficient (Wildman–Crippen LogP) is 2.58. The maximum absolute atomic E-state index is 12.5. The lowest BCUT2D eigenvalue weighted by Crippen LogP contribution is -2.24. The van der Waals surface area contributed by atoms with Crippen LogP contribution < -0.4 is 15.4 Å². The molecule has 1 heterocycles. The molecular formula is C21H18N4O4. The summed E-state index contributed by atoms with van der Waals surface area (Å²) in [6, 6.07) is 13.4. The second-order valence-corrected chi connectivity index (χ2v) is 6.05. The van der Waals surface area contributed by atoms with Crippen molar-refractivity contribution < 1.29 is 19.1 Å². The van der Waals surface area contributed by atoms with Crippen LogP contribution in [0.15, 0.2) is 67.1 Å². The Morgan fingerprint density at radius 1 is 1.00 bits per heavy atom. The van der Waals surface area contributed by atoms with Crippen molar-refractivity contribution >= 4 is 23.5 Å². The minimum absolute atomic E-state index is 0.226. The van der Waals surface area contributed by atoms with E-state index in [9.17, 15) is 14.4 Å². The van der Waals surface area contributed by atoms with E-state index in [2.05, 4.69) is 20.6 Å². The summed E-state index contributed by atoms with van der Waals surface area (Å²) in [6.45, 7) is 1.56. The van der Waals surface area contributed by atoms with Gasteiger partial charge in [0.1, 0.15) is 11.4 Å². The summed E-state index contributed by atoms with van der Waals surface area (Å²) in [4.78, 5) is 43.4. The molecule has 0 unspecified atom stereocenters. The van der Waals surface area contributed by atoms with Crippen LogP contribution in [0.5, 0.6) is 5.75 Å². The van der Waals surface area contributed by atoms with Gasteiger partial charge in [0, 0.05) is 37.1 Å². The fraction of sp³-hybridized carbons (Fsp3) is 0.0952. The number of ether oxygens (including phenoxy) is 1. The molecule has 8 nitrogen and oxygen atoms in total. The lowest BCUT2D eigenvalue weighted by molar-refractivity contribution is -0.131. The van der Waals surface area contributed by atoms with Gasteiger partial charge in [0.25, 0.3) is 11.8 Å². The van der Waals surface area contributed by atoms with Crippen molar-refractivity contribution in [2.45, 2.75) is 13.5 Å². The molecule has 8 heteroatoms. The van der Waals surface area contributed by atoms with Crippen molar-refractivity contribution in [2.75, 3.05) is 5.32 Å². The van der Waals surface area contributed by atoms with Gasteiger partial charge in [-0.1, -0.05) is 18.2 Å². The van der Waals surface area contributed by atoms with E-state index in [1.165, 1.54) is 31.6 Å². The van der Waals surface area contributed by atoms with Crippen LogP contribution in [0, 0.1) is 0 Å². The van der Waals surface area contributed by atoms with Gasteiger partial charge in [0.2, 0.25) is 0 Å². The first-order valence-electron chi connectivity index (χ1n) is 8.74. The third-order valence-electron chi connectivity index (χ3n) is 3.79. The van der Waals surface area contributed by atoms with Gasteiger partial charge >= 0.3 is 5.97 Å². The summed E-state index contributed by atoms with van der Waals surface area (Å²) in [5.41, 5.74) is 1.95. The first kappa shape index (κ1) is 19.7. The number of rotatable bonds is 6. The summed E-state index contributed by atoms with van der Waals surface area (Å²) in [7, 11) is 0. The molecule has 0 atom stereocenters. The summed E-state index contributed by atoms with van der Waals surface area (Å²) in [5, 5.41) is 5.53. The molecule has 2 N–H and O–H groups in total. The van der Waals surface area contributed by atoms with E-state index in [0.717, 1.165) is 5.56 Å². The molecule has 3 aromatic rings. The first-order valence-corrected chi connectivity index (χ1v) is 8.74. The molecule has 0 saturated heterocycles. The fourth-order valence-corrected chi connectivity index (χ4v) is 2.52. The molecule has 1 aromatic heterocycles. The number of hydrogen-bond acceptors (Lipinski definition) is 6. The Balaban J connectivity index is 1.63. The molecule has 0 radical (unpaired) electrons. The van der Waals surface area contributed by atoms with E-state index in [4.69, 9.17) is 4.74 Å². The number of carbonyl (C=O) groups excluding carboxylic acids is 3. The molecule has 0 bridgehead atoms. The highest BCUT2D eigenvalue weighted by atomic mass is 16.5. The van der Waals surface area contributed by atoms with Gasteiger partial charge in [0.15, 0.2) is 0 Å². The largest absolute Gasteiger partial charge is 0.427 e. The van der Waals surface area contributed by atoms with Gasteiger partial charge in [0.05, 0.1) is 6.20 Å². The Bertz CT molecular complexity index is 1040. The van der Waals surface area contributed by atoms with Crippen LogP contribution in [0.1, 0.15) is 33.3 Å². The van der Waals surface area contributed by atoms with Gasteiger partial charge in [-0.15, -0.1) is 0 Å². The summed E-state index contributed by atoms with van der Waals surface area (Å²) < 4.78 is 5.00. The highest BCUT2D eigenvalue weighted by molar-refractivity contribution is 6.04. The second-order valence-electron chi connectivity index (χ2n) is 6.05. The number of aromatic nitrogens is 2. The molecule has 0 fully saturated rings. The number of anilines is 1. The second kappa shape index (κ2) is 9.23. The van der Waals surface area contributed by atoms with Crippen molar-refractivity contribution in [1.82, 2.24) is 15.3 Å². The Labute approximate surface area is 167 Å². The molecule has 2 aromatic carbocycles. The summed E-state index contributed by atoms with van der Waals surface area (Å²) >= 11 is 0. The summed E-state index contributed by atoms with van der Waals surface area (Å²) in [5.74, 6) is -0.848. The quantitative estimate of drug-likeness (QED) is 0.494. The molecular weight excluding hydrogens is 372 g/mol. The van der Waals surface area contributed by atoms with Gasteiger partial charge in [-0.25, -0.2) is 4.98 Å². The molecule has 3 rings (SSSR count). The molecule has 0 aliphatic carbocycles. The highest BCUT2D eigenvalue weighted by Crippen LogP contribution is 2.16. The minimum atomic E-state index is -0.459. The molecule has 29 heavy (non-hydrogen) atoms. The zero-order valence-electron chi connectivity index (χ0n) is 15.6. The van der Waals surface area contributed by atoms with Crippen LogP contribution in [0.25, 0.3) is 0 Å². The highest BCUT2D eigenvalue weighted by Gasteiger charge is 2.10. The van der Waals surface area contributed by atoms with E-state index in [0.29, 0.717) is 17.0 Å². The van der Waals surface area contributed by atoms with Gasteiger partial charge in [-0.05, 0) is 35.9 Å². The monoisotopic (exact) mass is 390 g/mol. The van der Waals surface area contributed by atoms with E-state index in [1.54, 1.807) is 36.4 Å². The Hall–Kier alpha value is -4.07. The average Bonchev–Trinajstić information content (AvgIpc) is 2.72. The molecule has 0 spiro atoms. The number of esters is 1. The van der Waals surface area contributed by atoms with Crippen molar-refractivity contribution in [2.24, 2.45) is 0 Å². The maximum atomic E-state index is 12.5. The number of amides is 2. The zero-order valence-corrected chi connectivity index (χ0v) is 15.6. The third kappa shape index (κ3) is 5.70. The van der Waals surface area contributed by atoms with E-state index in [-0.39, 0.29) is 24.1 Å². The average molecular weight is 390 g/mol. The Kier molecular flexibility index (Phi) is 6.26. The van der Waals surface area contributed by atoms with E-state index in [1.807, 2.05) is 6.07 Å². The topological polar surface area (TPSA) is 110 Å². The standard InChI is InChI=1S/C21H18N4O4/c1-14(26)29-18-7-3-5-16(11-18)20(27)25-17-6-2-4-15(10-17)12-24-21(28)19-13-22-8-9-23-19/h2-11,13H,12H2,1H3,(H,24,28)(H,25,27). The summed E-state index contributed by atoms with van der Waals surface area (Å²) in [6.07, 6.45) is 4.32. The van der Waals surface area contributed by atoms with Crippen LogP contribution in [0.3, 0.4) is 0 Å². The van der Waals surface area contributed by atoms with Crippen molar-refractivity contribution in [3.05, 3.63) is 83.9 Å². The number of benzene rings is 2. The molecule has 0 aliphatic heterocycles. The van der Waals surface area contributed by atoms with Crippen molar-refractivity contribution in [3.8, 4) is 5.75 Å². The van der Waals surface area contributed by atoms with Gasteiger partial charge < -0.3 is 15.4 Å². The van der Waals surface area contributed by atoms with Crippen LogP contribution in [-0.2, 0) is 11.3 Å². The SMILES string of the molecule is CC(=O)Oc1cccc(C(=O)Nc2cccc(CNC(=O)c3cnccn3)c2)c1. The van der Waals surface area contributed by atoms with Crippen LogP contribution in [0.2, 0.25) is 0 Å². The number of nitrogens with zero attached hydrogens (tertiary/aromatic N) is 2. The molecule has 2 amide bonds. The predicted molar refractivity (Wildman–Crippen MR) is 105 cm³/mol. The van der Waals surface area contributed by atoms with Crippen molar-refractivity contribution in [3.63, 3.8) is 0 Å². The third-order valence-corrected chi connectivity index (χ3v) is 3.79. The number of nitrogens with one attached hydrogen (secondary N) is 2. The van der Waals surface area contributed by atoms with Gasteiger partial charge in [-0.3, -0.25) is 19.4 Å². The lowest BCUT2D eigenvalue weighted by Gasteiger charge is -2.09. The van der Waals surface area contributed by atoms with Gasteiger partial charge in [-0.2, -0.15) is 0 Å². The normalized spacial score (nSPS) is 10.1.